The largest absolute Gasteiger partial charge is 0.366 e. The minimum atomic E-state index is 0.352. The lowest BCUT2D eigenvalue weighted by Crippen LogP contribution is -2.39. The Balaban J connectivity index is 1.73. The van der Waals surface area contributed by atoms with Gasteiger partial charge in [0.05, 0.1) is 5.39 Å². The Labute approximate surface area is 107 Å². The highest BCUT2D eigenvalue weighted by atomic mass is 16.5. The molecule has 0 aliphatic carbocycles. The molecule has 1 aromatic carbocycles. The zero-order chi connectivity index (χ0) is 12.4. The Kier molecular flexibility index (Phi) is 2.96. The number of benzene rings is 1. The summed E-state index contributed by atoms with van der Waals surface area (Å²) in [5.74, 6) is 0.866. The van der Waals surface area contributed by atoms with Crippen LogP contribution in [0.5, 0.6) is 0 Å². The van der Waals surface area contributed by atoms with Crippen LogP contribution in [0.1, 0.15) is 19.8 Å². The van der Waals surface area contributed by atoms with Crippen LogP contribution in [0.3, 0.4) is 0 Å². The van der Waals surface area contributed by atoms with Gasteiger partial charge in [0, 0.05) is 6.54 Å². The van der Waals surface area contributed by atoms with Crippen molar-refractivity contribution in [2.75, 3.05) is 25.0 Å². The molecule has 0 unspecified atom stereocenters. The molecule has 2 N–H and O–H groups in total. The summed E-state index contributed by atoms with van der Waals surface area (Å²) in [7, 11) is 0. The van der Waals surface area contributed by atoms with E-state index in [2.05, 4.69) is 22.7 Å². The molecule has 4 nitrogen and oxygen atoms in total. The van der Waals surface area contributed by atoms with Gasteiger partial charge in [-0.3, -0.25) is 0 Å². The number of nitrogens with zero attached hydrogens (tertiary/aromatic N) is 1. The molecular weight excluding hydrogens is 226 g/mol. The SMILES string of the molecule is CC1(CNc2noc3ccccc23)CCNCC1. The fourth-order valence-corrected chi connectivity index (χ4v) is 2.52. The quantitative estimate of drug-likeness (QED) is 0.872. The van der Waals surface area contributed by atoms with Crippen LogP contribution in [0.15, 0.2) is 28.8 Å². The van der Waals surface area contributed by atoms with E-state index in [0.717, 1.165) is 36.4 Å². The van der Waals surface area contributed by atoms with Gasteiger partial charge < -0.3 is 15.2 Å². The average Bonchev–Trinajstić information content (AvgIpc) is 2.81. The summed E-state index contributed by atoms with van der Waals surface area (Å²) in [5, 5.41) is 12.0. The maximum absolute atomic E-state index is 5.30. The average molecular weight is 245 g/mol. The van der Waals surface area contributed by atoms with E-state index in [0.29, 0.717) is 5.41 Å². The van der Waals surface area contributed by atoms with Crippen molar-refractivity contribution >= 4 is 16.8 Å². The molecule has 0 saturated carbocycles. The highest BCUT2D eigenvalue weighted by Gasteiger charge is 2.26. The lowest BCUT2D eigenvalue weighted by atomic mass is 9.81. The number of para-hydroxylation sites is 1. The lowest BCUT2D eigenvalue weighted by Gasteiger charge is -2.34. The van der Waals surface area contributed by atoms with E-state index in [1.54, 1.807) is 0 Å². The van der Waals surface area contributed by atoms with Crippen LogP contribution >= 0.6 is 0 Å². The summed E-state index contributed by atoms with van der Waals surface area (Å²) < 4.78 is 5.30. The highest BCUT2D eigenvalue weighted by molar-refractivity contribution is 5.87. The van der Waals surface area contributed by atoms with Crippen molar-refractivity contribution in [3.05, 3.63) is 24.3 Å². The Hall–Kier alpha value is -1.55. The Morgan fingerprint density at radius 1 is 1.33 bits per heavy atom. The standard InChI is InChI=1S/C14H19N3O/c1-14(6-8-15-9-7-14)10-16-13-11-4-2-3-5-12(11)18-17-13/h2-5,15H,6-10H2,1H3,(H,16,17). The Bertz CT molecular complexity index is 529. The molecule has 1 aliphatic rings. The molecule has 2 aromatic rings. The van der Waals surface area contributed by atoms with Crippen molar-refractivity contribution in [2.24, 2.45) is 5.41 Å². The minimum absolute atomic E-state index is 0.352. The van der Waals surface area contributed by atoms with Crippen molar-refractivity contribution in [1.82, 2.24) is 10.5 Å². The van der Waals surface area contributed by atoms with Gasteiger partial charge in [0.2, 0.25) is 0 Å². The predicted octanol–water partition coefficient (Wildman–Crippen LogP) is 2.63. The van der Waals surface area contributed by atoms with Crippen LogP contribution in [0.2, 0.25) is 0 Å². The van der Waals surface area contributed by atoms with Gasteiger partial charge in [-0.2, -0.15) is 0 Å². The van der Waals surface area contributed by atoms with Gasteiger partial charge in [-0.1, -0.05) is 24.2 Å². The summed E-state index contributed by atoms with van der Waals surface area (Å²) in [6, 6.07) is 7.96. The van der Waals surface area contributed by atoms with E-state index in [9.17, 15) is 0 Å². The zero-order valence-electron chi connectivity index (χ0n) is 10.7. The van der Waals surface area contributed by atoms with Crippen LogP contribution in [-0.2, 0) is 0 Å². The van der Waals surface area contributed by atoms with Crippen LogP contribution in [-0.4, -0.2) is 24.8 Å². The van der Waals surface area contributed by atoms with E-state index < -0.39 is 0 Å². The summed E-state index contributed by atoms with van der Waals surface area (Å²) in [4.78, 5) is 0. The summed E-state index contributed by atoms with van der Waals surface area (Å²) >= 11 is 0. The molecule has 0 amide bonds. The van der Waals surface area contributed by atoms with Gasteiger partial charge >= 0.3 is 0 Å². The number of nitrogens with one attached hydrogen (secondary N) is 2. The van der Waals surface area contributed by atoms with E-state index in [1.165, 1.54) is 12.8 Å². The number of piperidine rings is 1. The second-order valence-corrected chi connectivity index (χ2v) is 5.44. The summed E-state index contributed by atoms with van der Waals surface area (Å²) in [6.07, 6.45) is 2.41. The topological polar surface area (TPSA) is 50.1 Å². The second-order valence-electron chi connectivity index (χ2n) is 5.44. The smallest absolute Gasteiger partial charge is 0.177 e. The number of anilines is 1. The van der Waals surface area contributed by atoms with Crippen molar-refractivity contribution in [1.29, 1.82) is 0 Å². The third-order valence-electron chi connectivity index (χ3n) is 3.87. The lowest BCUT2D eigenvalue weighted by molar-refractivity contribution is 0.247. The molecule has 96 valence electrons. The fourth-order valence-electron chi connectivity index (χ4n) is 2.52. The minimum Gasteiger partial charge on any atom is -0.366 e. The molecule has 1 aliphatic heterocycles. The number of hydrogen-bond acceptors (Lipinski definition) is 4. The molecule has 0 spiro atoms. The number of rotatable bonds is 3. The number of hydrogen-bond donors (Lipinski definition) is 2. The van der Waals surface area contributed by atoms with Gasteiger partial charge in [-0.05, 0) is 43.5 Å². The first-order valence-corrected chi connectivity index (χ1v) is 6.56. The van der Waals surface area contributed by atoms with E-state index >= 15 is 0 Å². The first kappa shape index (κ1) is 11.5. The molecular formula is C14H19N3O. The summed E-state index contributed by atoms with van der Waals surface area (Å²) in [5.41, 5.74) is 1.20. The number of fused-ring (bicyclic) bond motifs is 1. The van der Waals surface area contributed by atoms with Gasteiger partial charge in [-0.25, -0.2) is 0 Å². The van der Waals surface area contributed by atoms with Gasteiger partial charge in [0.1, 0.15) is 0 Å². The van der Waals surface area contributed by atoms with E-state index in [1.807, 2.05) is 24.3 Å². The maximum atomic E-state index is 5.30. The van der Waals surface area contributed by atoms with Crippen LogP contribution < -0.4 is 10.6 Å². The van der Waals surface area contributed by atoms with Crippen LogP contribution in [0, 0.1) is 5.41 Å². The van der Waals surface area contributed by atoms with Gasteiger partial charge in [0.25, 0.3) is 0 Å². The van der Waals surface area contributed by atoms with Crippen molar-refractivity contribution in [2.45, 2.75) is 19.8 Å². The molecule has 0 radical (unpaired) electrons. The first-order chi connectivity index (χ1) is 8.77. The molecule has 0 bridgehead atoms. The highest BCUT2D eigenvalue weighted by Crippen LogP contribution is 2.29. The summed E-state index contributed by atoms with van der Waals surface area (Å²) in [6.45, 7) is 5.50. The third-order valence-corrected chi connectivity index (χ3v) is 3.87. The van der Waals surface area contributed by atoms with Crippen LogP contribution in [0.4, 0.5) is 5.82 Å². The molecule has 2 heterocycles. The number of aromatic nitrogens is 1. The normalized spacial score (nSPS) is 18.9. The Morgan fingerprint density at radius 2 is 2.11 bits per heavy atom. The molecule has 1 fully saturated rings. The molecule has 1 aromatic heterocycles. The molecule has 1 saturated heterocycles. The second kappa shape index (κ2) is 4.61. The van der Waals surface area contributed by atoms with E-state index in [-0.39, 0.29) is 0 Å². The van der Waals surface area contributed by atoms with Crippen LogP contribution in [0.25, 0.3) is 11.0 Å². The van der Waals surface area contributed by atoms with Gasteiger partial charge in [-0.15, -0.1) is 0 Å². The van der Waals surface area contributed by atoms with E-state index in [4.69, 9.17) is 4.52 Å². The zero-order valence-corrected chi connectivity index (χ0v) is 10.7. The molecule has 4 heteroatoms. The maximum Gasteiger partial charge on any atom is 0.177 e. The predicted molar refractivity (Wildman–Crippen MR) is 72.7 cm³/mol. The third kappa shape index (κ3) is 2.20. The van der Waals surface area contributed by atoms with Crippen molar-refractivity contribution in [3.63, 3.8) is 0 Å². The van der Waals surface area contributed by atoms with Gasteiger partial charge in [0.15, 0.2) is 11.4 Å². The monoisotopic (exact) mass is 245 g/mol. The molecule has 3 rings (SSSR count). The van der Waals surface area contributed by atoms with Crippen molar-refractivity contribution in [3.8, 4) is 0 Å². The fraction of sp³-hybridized carbons (Fsp3) is 0.500. The Morgan fingerprint density at radius 3 is 2.94 bits per heavy atom. The first-order valence-electron chi connectivity index (χ1n) is 6.56. The molecule has 0 atom stereocenters. The molecule has 18 heavy (non-hydrogen) atoms. The van der Waals surface area contributed by atoms with Crippen molar-refractivity contribution < 1.29 is 4.52 Å².